The molecule has 3 aromatic heterocycles. The minimum Gasteiger partial charge on any atom is -0.480 e. The van der Waals surface area contributed by atoms with Crippen molar-refractivity contribution in [3.63, 3.8) is 0 Å². The SMILES string of the molecule is O=C(O)C(Cc1ccccc1)N=Cc1cccc(-c2cccc(CN(Cc3ccccn3)Cc3ccccn3)n2)c1. The van der Waals surface area contributed by atoms with Crippen molar-refractivity contribution in [1.82, 2.24) is 19.9 Å². The molecule has 0 bridgehead atoms. The molecule has 0 amide bonds. The number of hydrogen-bond donors (Lipinski definition) is 1. The van der Waals surface area contributed by atoms with E-state index >= 15 is 0 Å². The molecular formula is C34H31N5O2. The monoisotopic (exact) mass is 541 g/mol. The van der Waals surface area contributed by atoms with Crippen LogP contribution in [0.4, 0.5) is 0 Å². The second-order valence-corrected chi connectivity index (χ2v) is 9.75. The number of carbonyl (C=O) groups is 1. The minimum absolute atomic E-state index is 0.337. The number of carboxylic acids is 1. The van der Waals surface area contributed by atoms with Gasteiger partial charge in [-0.1, -0.05) is 66.7 Å². The zero-order valence-electron chi connectivity index (χ0n) is 22.6. The van der Waals surface area contributed by atoms with Gasteiger partial charge in [-0.05, 0) is 53.6 Å². The van der Waals surface area contributed by atoms with E-state index in [1.165, 1.54) is 0 Å². The van der Waals surface area contributed by atoms with Crippen molar-refractivity contribution in [2.24, 2.45) is 4.99 Å². The third-order valence-corrected chi connectivity index (χ3v) is 6.56. The molecule has 7 nitrogen and oxygen atoms in total. The van der Waals surface area contributed by atoms with E-state index in [2.05, 4.69) is 19.9 Å². The lowest BCUT2D eigenvalue weighted by Crippen LogP contribution is -2.24. The molecule has 0 aliphatic heterocycles. The lowest BCUT2D eigenvalue weighted by atomic mass is 10.1. The van der Waals surface area contributed by atoms with Crippen molar-refractivity contribution in [3.8, 4) is 11.3 Å². The van der Waals surface area contributed by atoms with Crippen molar-refractivity contribution in [2.45, 2.75) is 32.1 Å². The fraction of sp³-hybridized carbons (Fsp3) is 0.147. The van der Waals surface area contributed by atoms with Crippen LogP contribution in [-0.4, -0.2) is 43.2 Å². The van der Waals surface area contributed by atoms with E-state index in [1.54, 1.807) is 6.21 Å². The Morgan fingerprint density at radius 1 is 0.756 bits per heavy atom. The molecule has 0 radical (unpaired) electrons. The lowest BCUT2D eigenvalue weighted by Gasteiger charge is -2.21. The predicted octanol–water partition coefficient (Wildman–Crippen LogP) is 5.86. The van der Waals surface area contributed by atoms with Crippen molar-refractivity contribution >= 4 is 12.2 Å². The number of hydrogen-bond acceptors (Lipinski definition) is 6. The summed E-state index contributed by atoms with van der Waals surface area (Å²) in [5.74, 6) is -0.948. The predicted molar refractivity (Wildman–Crippen MR) is 160 cm³/mol. The highest BCUT2D eigenvalue weighted by Crippen LogP contribution is 2.20. The van der Waals surface area contributed by atoms with Gasteiger partial charge in [0.15, 0.2) is 6.04 Å². The average Bonchev–Trinajstić information content (AvgIpc) is 3.01. The van der Waals surface area contributed by atoms with E-state index in [0.29, 0.717) is 26.1 Å². The summed E-state index contributed by atoms with van der Waals surface area (Å²) in [4.78, 5) is 32.5. The summed E-state index contributed by atoms with van der Waals surface area (Å²) in [6.07, 6.45) is 5.59. The Labute approximate surface area is 239 Å². The highest BCUT2D eigenvalue weighted by atomic mass is 16.4. The van der Waals surface area contributed by atoms with E-state index < -0.39 is 12.0 Å². The van der Waals surface area contributed by atoms with Gasteiger partial charge in [-0.25, -0.2) is 4.79 Å². The van der Waals surface area contributed by atoms with Crippen molar-refractivity contribution < 1.29 is 9.90 Å². The van der Waals surface area contributed by atoms with Gasteiger partial charge in [-0.2, -0.15) is 0 Å². The molecule has 3 heterocycles. The summed E-state index contributed by atoms with van der Waals surface area (Å²) in [7, 11) is 0. The molecular weight excluding hydrogens is 510 g/mol. The highest BCUT2D eigenvalue weighted by molar-refractivity contribution is 5.85. The Morgan fingerprint density at radius 2 is 1.39 bits per heavy atom. The second-order valence-electron chi connectivity index (χ2n) is 9.75. The molecule has 7 heteroatoms. The normalized spacial score (nSPS) is 12.0. The summed E-state index contributed by atoms with van der Waals surface area (Å²) in [5, 5.41) is 9.70. The van der Waals surface area contributed by atoms with Gasteiger partial charge in [-0.15, -0.1) is 0 Å². The maximum Gasteiger partial charge on any atom is 0.328 e. The molecule has 2 aromatic carbocycles. The van der Waals surface area contributed by atoms with E-state index in [4.69, 9.17) is 4.98 Å². The van der Waals surface area contributed by atoms with E-state index in [1.807, 2.05) is 122 Å². The molecule has 204 valence electrons. The smallest absolute Gasteiger partial charge is 0.328 e. The first-order valence-corrected chi connectivity index (χ1v) is 13.5. The maximum absolute atomic E-state index is 11.8. The number of nitrogens with zero attached hydrogens (tertiary/aromatic N) is 5. The van der Waals surface area contributed by atoms with Crippen LogP contribution >= 0.6 is 0 Å². The van der Waals surface area contributed by atoms with Crippen LogP contribution in [-0.2, 0) is 30.8 Å². The molecule has 0 spiro atoms. The van der Waals surface area contributed by atoms with Crippen molar-refractivity contribution in [2.75, 3.05) is 0 Å². The van der Waals surface area contributed by atoms with Crippen LogP contribution < -0.4 is 0 Å². The standard InChI is InChI=1S/C34H31N5O2/c40-34(41)33(21-26-10-2-1-3-11-26)37-22-27-12-8-13-28(20-27)32-17-9-16-31(38-32)25-39(23-29-14-4-6-18-35-29)24-30-15-5-7-19-36-30/h1-20,22,33H,21,23-25H2,(H,40,41). The topological polar surface area (TPSA) is 91.6 Å². The molecule has 1 atom stereocenters. The fourth-order valence-corrected chi connectivity index (χ4v) is 4.56. The fourth-order valence-electron chi connectivity index (χ4n) is 4.56. The molecule has 5 rings (SSSR count). The molecule has 1 N–H and O–H groups in total. The number of benzene rings is 2. The average molecular weight is 542 g/mol. The largest absolute Gasteiger partial charge is 0.480 e. The molecule has 41 heavy (non-hydrogen) atoms. The number of pyridine rings is 3. The quantitative estimate of drug-likeness (QED) is 0.199. The molecule has 0 aliphatic carbocycles. The Hall–Kier alpha value is -5.01. The van der Waals surface area contributed by atoms with Crippen molar-refractivity contribution in [1.29, 1.82) is 0 Å². The van der Waals surface area contributed by atoms with Gasteiger partial charge >= 0.3 is 5.97 Å². The molecule has 0 fully saturated rings. The van der Waals surface area contributed by atoms with Crippen LogP contribution in [0.25, 0.3) is 11.3 Å². The zero-order valence-corrected chi connectivity index (χ0v) is 22.6. The third-order valence-electron chi connectivity index (χ3n) is 6.56. The van der Waals surface area contributed by atoms with Crippen LogP contribution in [0.5, 0.6) is 0 Å². The Balaban J connectivity index is 1.33. The molecule has 0 saturated heterocycles. The zero-order chi connectivity index (χ0) is 28.3. The van der Waals surface area contributed by atoms with Gasteiger partial charge in [0.2, 0.25) is 0 Å². The van der Waals surface area contributed by atoms with Crippen LogP contribution in [0.2, 0.25) is 0 Å². The van der Waals surface area contributed by atoms with Gasteiger partial charge in [0.05, 0.1) is 22.8 Å². The number of aliphatic carboxylic acids is 1. The summed E-state index contributed by atoms with van der Waals surface area (Å²) in [6, 6.07) is 34.4. The maximum atomic E-state index is 11.8. The highest BCUT2D eigenvalue weighted by Gasteiger charge is 2.16. The third kappa shape index (κ3) is 8.24. The Kier molecular flexibility index (Phi) is 9.32. The summed E-state index contributed by atoms with van der Waals surface area (Å²) >= 11 is 0. The lowest BCUT2D eigenvalue weighted by molar-refractivity contribution is -0.138. The first-order chi connectivity index (χ1) is 20.1. The molecule has 0 saturated carbocycles. The number of aliphatic imine (C=N–C) groups is 1. The Morgan fingerprint density at radius 3 is 2.05 bits per heavy atom. The van der Waals surface area contributed by atoms with Crippen molar-refractivity contribution in [3.05, 3.63) is 150 Å². The number of rotatable bonds is 12. The second kappa shape index (κ2) is 13.9. The summed E-state index contributed by atoms with van der Waals surface area (Å²) in [5.41, 5.74) is 6.44. The van der Waals surface area contributed by atoms with E-state index in [0.717, 1.165) is 39.5 Å². The summed E-state index contributed by atoms with van der Waals surface area (Å²) < 4.78 is 0. The first kappa shape index (κ1) is 27.6. The first-order valence-electron chi connectivity index (χ1n) is 13.5. The van der Waals surface area contributed by atoms with Crippen LogP contribution in [0.1, 0.15) is 28.2 Å². The minimum atomic E-state index is -0.948. The van der Waals surface area contributed by atoms with Gasteiger partial charge in [0.25, 0.3) is 0 Å². The molecule has 1 unspecified atom stereocenters. The Bertz CT molecular complexity index is 1540. The van der Waals surface area contributed by atoms with Crippen LogP contribution in [0.3, 0.4) is 0 Å². The summed E-state index contributed by atoms with van der Waals surface area (Å²) in [6.45, 7) is 1.97. The van der Waals surface area contributed by atoms with Gasteiger partial charge in [0.1, 0.15) is 0 Å². The van der Waals surface area contributed by atoms with Crippen LogP contribution in [0, 0.1) is 0 Å². The van der Waals surface area contributed by atoms with Gasteiger partial charge in [-0.3, -0.25) is 24.8 Å². The van der Waals surface area contributed by atoms with Gasteiger partial charge in [0, 0.05) is 50.2 Å². The van der Waals surface area contributed by atoms with E-state index in [9.17, 15) is 9.90 Å². The van der Waals surface area contributed by atoms with Crippen LogP contribution in [0.15, 0.2) is 127 Å². The molecule has 5 aromatic rings. The molecule has 0 aliphatic rings. The van der Waals surface area contributed by atoms with Gasteiger partial charge < -0.3 is 5.11 Å². The van der Waals surface area contributed by atoms with E-state index in [-0.39, 0.29) is 0 Å². The number of aromatic nitrogens is 3. The number of carboxylic acid groups (broad SMARTS) is 1.